The van der Waals surface area contributed by atoms with E-state index in [0.717, 1.165) is 11.1 Å². The summed E-state index contributed by atoms with van der Waals surface area (Å²) in [7, 11) is -3.81. The van der Waals surface area contributed by atoms with Crippen molar-refractivity contribution in [1.29, 1.82) is 5.26 Å². The van der Waals surface area contributed by atoms with E-state index < -0.39 is 10.0 Å². The summed E-state index contributed by atoms with van der Waals surface area (Å²) in [5.74, 6) is -0.107. The molecule has 0 saturated carbocycles. The van der Waals surface area contributed by atoms with Crippen LogP contribution < -0.4 is 4.90 Å². The lowest BCUT2D eigenvalue weighted by Gasteiger charge is -2.22. The highest BCUT2D eigenvalue weighted by Gasteiger charge is 2.28. The molecule has 1 amide bonds. The van der Waals surface area contributed by atoms with Crippen molar-refractivity contribution in [2.45, 2.75) is 24.8 Å². The van der Waals surface area contributed by atoms with Crippen molar-refractivity contribution in [3.05, 3.63) is 71.8 Å². The monoisotopic (exact) mass is 395 g/mol. The average molecular weight is 395 g/mol. The molecule has 0 aliphatic carbocycles. The van der Waals surface area contributed by atoms with Crippen LogP contribution in [0.2, 0.25) is 0 Å². The molecule has 0 unspecified atom stereocenters. The first-order valence-corrected chi connectivity index (χ1v) is 10.3. The van der Waals surface area contributed by atoms with Crippen LogP contribution in [0.4, 0.5) is 5.69 Å². The molecule has 0 radical (unpaired) electrons. The third kappa shape index (κ3) is 3.84. The first kappa shape index (κ1) is 19.8. The topological polar surface area (TPSA) is 81.5 Å². The van der Waals surface area contributed by atoms with Crippen LogP contribution in [0.5, 0.6) is 0 Å². The predicted octanol–water partition coefficient (Wildman–Crippen LogP) is 2.84. The Bertz CT molecular complexity index is 1070. The third-order valence-electron chi connectivity index (χ3n) is 4.72. The van der Waals surface area contributed by atoms with Gasteiger partial charge in [-0.3, -0.25) is 4.79 Å². The Balaban J connectivity index is 1.97. The lowest BCUT2D eigenvalue weighted by Crippen LogP contribution is -2.31. The van der Waals surface area contributed by atoms with Gasteiger partial charge >= 0.3 is 0 Å². The number of hydrogen-bond acceptors (Lipinski definition) is 4. The van der Waals surface area contributed by atoms with Crippen molar-refractivity contribution < 1.29 is 13.2 Å². The summed E-state index contributed by atoms with van der Waals surface area (Å²) in [5.41, 5.74) is 2.81. The lowest BCUT2D eigenvalue weighted by atomic mass is 10.1. The molecule has 0 spiro atoms. The molecule has 0 fully saturated rings. The van der Waals surface area contributed by atoms with E-state index in [2.05, 4.69) is 12.6 Å². The number of nitriles is 1. The Kier molecular flexibility index (Phi) is 5.63. The molecule has 1 aliphatic heterocycles. The van der Waals surface area contributed by atoms with Gasteiger partial charge in [-0.1, -0.05) is 24.3 Å². The Morgan fingerprint density at radius 2 is 2.11 bits per heavy atom. The Labute approximate surface area is 165 Å². The molecule has 0 saturated heterocycles. The second-order valence-electron chi connectivity index (χ2n) is 6.61. The number of anilines is 1. The molecule has 7 heteroatoms. The molecular formula is C21H21N3O3S. The van der Waals surface area contributed by atoms with Gasteiger partial charge in [-0.25, -0.2) is 8.42 Å². The van der Waals surface area contributed by atoms with Crippen LogP contribution in [0, 0.1) is 11.3 Å². The van der Waals surface area contributed by atoms with Crippen molar-refractivity contribution in [1.82, 2.24) is 4.31 Å². The van der Waals surface area contributed by atoms with Crippen LogP contribution >= 0.6 is 0 Å². The van der Waals surface area contributed by atoms with E-state index in [9.17, 15) is 13.2 Å². The molecule has 144 valence electrons. The maximum atomic E-state index is 13.3. The number of nitrogens with zero attached hydrogens (tertiary/aromatic N) is 3. The summed E-state index contributed by atoms with van der Waals surface area (Å²) < 4.78 is 27.8. The molecule has 0 aromatic heterocycles. The standard InChI is InChI=1S/C21H21N3O3S/c1-3-10-23(15-18-6-4-5-17(12-18)14-22)28(26,27)20-8-7-19-9-11-24(16(2)25)21(19)13-20/h3-8,12-13H,1,9-11,15H2,2H3. The molecule has 2 aromatic carbocycles. The van der Waals surface area contributed by atoms with Crippen LogP contribution in [0.1, 0.15) is 23.6 Å². The maximum Gasteiger partial charge on any atom is 0.243 e. The molecule has 0 atom stereocenters. The fraction of sp³-hybridized carbons (Fsp3) is 0.238. The normalized spacial score (nSPS) is 13.2. The van der Waals surface area contributed by atoms with E-state index >= 15 is 0 Å². The van der Waals surface area contributed by atoms with Crippen molar-refractivity contribution in [2.75, 3.05) is 18.0 Å². The van der Waals surface area contributed by atoms with E-state index in [1.165, 1.54) is 17.3 Å². The smallest absolute Gasteiger partial charge is 0.243 e. The quantitative estimate of drug-likeness (QED) is 0.705. The summed E-state index contributed by atoms with van der Waals surface area (Å²) >= 11 is 0. The lowest BCUT2D eigenvalue weighted by molar-refractivity contribution is -0.116. The molecule has 2 aromatic rings. The minimum atomic E-state index is -3.81. The third-order valence-corrected chi connectivity index (χ3v) is 6.53. The highest BCUT2D eigenvalue weighted by atomic mass is 32.2. The Hall–Kier alpha value is -2.95. The van der Waals surface area contributed by atoms with Crippen molar-refractivity contribution in [2.24, 2.45) is 0 Å². The number of carbonyl (C=O) groups excluding carboxylic acids is 1. The summed E-state index contributed by atoms with van der Waals surface area (Å²) in [4.78, 5) is 13.6. The van der Waals surface area contributed by atoms with E-state index in [0.29, 0.717) is 24.2 Å². The van der Waals surface area contributed by atoms with Gasteiger partial charge in [-0.15, -0.1) is 6.58 Å². The first-order chi connectivity index (χ1) is 13.4. The largest absolute Gasteiger partial charge is 0.312 e. The van der Waals surface area contributed by atoms with E-state index in [1.807, 2.05) is 0 Å². The molecule has 3 rings (SSSR count). The van der Waals surface area contributed by atoms with E-state index in [1.54, 1.807) is 47.4 Å². The van der Waals surface area contributed by atoms with Crippen LogP contribution in [0.25, 0.3) is 0 Å². The van der Waals surface area contributed by atoms with Crippen LogP contribution in [-0.2, 0) is 27.8 Å². The summed E-state index contributed by atoms with van der Waals surface area (Å²) in [5, 5.41) is 9.07. The number of benzene rings is 2. The molecular weight excluding hydrogens is 374 g/mol. The predicted molar refractivity (Wildman–Crippen MR) is 107 cm³/mol. The van der Waals surface area contributed by atoms with Crippen LogP contribution in [0.15, 0.2) is 60.0 Å². The average Bonchev–Trinajstić information content (AvgIpc) is 3.11. The Morgan fingerprint density at radius 1 is 1.32 bits per heavy atom. The highest BCUT2D eigenvalue weighted by Crippen LogP contribution is 2.32. The zero-order valence-electron chi connectivity index (χ0n) is 15.6. The molecule has 6 nitrogen and oxygen atoms in total. The zero-order valence-corrected chi connectivity index (χ0v) is 16.4. The maximum absolute atomic E-state index is 13.3. The van der Waals surface area contributed by atoms with Crippen LogP contribution in [-0.4, -0.2) is 31.7 Å². The second kappa shape index (κ2) is 7.97. The van der Waals surface area contributed by atoms with Crippen molar-refractivity contribution >= 4 is 21.6 Å². The fourth-order valence-corrected chi connectivity index (χ4v) is 4.75. The molecule has 0 N–H and O–H groups in total. The van der Waals surface area contributed by atoms with Crippen LogP contribution in [0.3, 0.4) is 0 Å². The summed E-state index contributed by atoms with van der Waals surface area (Å²) in [6, 6.07) is 13.8. The number of carbonyl (C=O) groups is 1. The highest BCUT2D eigenvalue weighted by molar-refractivity contribution is 7.89. The zero-order chi connectivity index (χ0) is 20.3. The fourth-order valence-electron chi connectivity index (χ4n) is 3.33. The SMILES string of the molecule is C=CCN(Cc1cccc(C#N)c1)S(=O)(=O)c1ccc2c(c1)N(C(C)=O)CC2. The number of amides is 1. The van der Waals surface area contributed by atoms with Gasteiger partial charge in [0.1, 0.15) is 0 Å². The van der Waals surface area contributed by atoms with Gasteiger partial charge in [0, 0.05) is 32.2 Å². The Morgan fingerprint density at radius 3 is 2.79 bits per heavy atom. The summed E-state index contributed by atoms with van der Waals surface area (Å²) in [6.07, 6.45) is 2.24. The second-order valence-corrected chi connectivity index (χ2v) is 8.55. The van der Waals surface area contributed by atoms with E-state index in [-0.39, 0.29) is 23.9 Å². The van der Waals surface area contributed by atoms with Crippen molar-refractivity contribution in [3.63, 3.8) is 0 Å². The van der Waals surface area contributed by atoms with Gasteiger partial charge < -0.3 is 4.90 Å². The number of sulfonamides is 1. The minimum Gasteiger partial charge on any atom is -0.312 e. The van der Waals surface area contributed by atoms with Gasteiger partial charge in [0.15, 0.2) is 0 Å². The molecule has 1 aliphatic rings. The van der Waals surface area contributed by atoms with Gasteiger partial charge in [-0.05, 0) is 41.8 Å². The molecule has 1 heterocycles. The number of rotatable bonds is 6. The van der Waals surface area contributed by atoms with Gasteiger partial charge in [-0.2, -0.15) is 9.57 Å². The van der Waals surface area contributed by atoms with Gasteiger partial charge in [0.25, 0.3) is 0 Å². The van der Waals surface area contributed by atoms with Gasteiger partial charge in [0.05, 0.1) is 16.5 Å². The first-order valence-electron chi connectivity index (χ1n) is 8.88. The molecule has 0 bridgehead atoms. The van der Waals surface area contributed by atoms with E-state index in [4.69, 9.17) is 5.26 Å². The van der Waals surface area contributed by atoms with Crippen molar-refractivity contribution in [3.8, 4) is 6.07 Å². The number of hydrogen-bond donors (Lipinski definition) is 0. The van der Waals surface area contributed by atoms with Gasteiger partial charge in [0.2, 0.25) is 15.9 Å². The molecule has 28 heavy (non-hydrogen) atoms. The minimum absolute atomic E-state index is 0.107. The number of fused-ring (bicyclic) bond motifs is 1. The summed E-state index contributed by atoms with van der Waals surface area (Å²) in [6.45, 7) is 5.95.